The van der Waals surface area contributed by atoms with Crippen LogP contribution in [-0.2, 0) is 26.1 Å². The van der Waals surface area contributed by atoms with Crippen molar-refractivity contribution in [2.75, 3.05) is 24.5 Å². The quantitative estimate of drug-likeness (QED) is 0.643. The van der Waals surface area contributed by atoms with Gasteiger partial charge in [0.1, 0.15) is 0 Å². The minimum atomic E-state index is 0.0421. The van der Waals surface area contributed by atoms with Crippen molar-refractivity contribution in [3.8, 4) is 0 Å². The molecule has 31 heavy (non-hydrogen) atoms. The predicted octanol–water partition coefficient (Wildman–Crippen LogP) is 3.71. The molecule has 2 aliphatic heterocycles. The summed E-state index contributed by atoms with van der Waals surface area (Å²) in [5.41, 5.74) is 4.40. The molecule has 0 radical (unpaired) electrons. The second kappa shape index (κ2) is 8.35. The molecule has 1 N–H and O–H groups in total. The van der Waals surface area contributed by atoms with E-state index in [4.69, 9.17) is 4.98 Å². The van der Waals surface area contributed by atoms with Crippen LogP contribution in [-0.4, -0.2) is 39.1 Å². The lowest BCUT2D eigenvalue weighted by atomic mass is 10.0. The second-order valence-electron chi connectivity index (χ2n) is 9.08. The molecular formula is C25H31N5O. The fraction of sp³-hybridized carbons (Fsp3) is 0.440. The zero-order chi connectivity index (χ0) is 21.4. The van der Waals surface area contributed by atoms with E-state index in [1.54, 1.807) is 0 Å². The van der Waals surface area contributed by atoms with Gasteiger partial charge in [-0.15, -0.1) is 6.58 Å². The van der Waals surface area contributed by atoms with Crippen molar-refractivity contribution in [2.45, 2.75) is 45.8 Å². The first kappa shape index (κ1) is 20.1. The number of aromatic nitrogens is 3. The van der Waals surface area contributed by atoms with Crippen LogP contribution in [0, 0.1) is 5.92 Å². The van der Waals surface area contributed by atoms with Crippen molar-refractivity contribution in [1.29, 1.82) is 0 Å². The largest absolute Gasteiger partial charge is 0.343 e. The molecule has 2 aromatic heterocycles. The van der Waals surface area contributed by atoms with Gasteiger partial charge in [-0.25, -0.2) is 4.98 Å². The predicted molar refractivity (Wildman–Crippen MR) is 125 cm³/mol. The van der Waals surface area contributed by atoms with Gasteiger partial charge in [0.05, 0.1) is 5.69 Å². The van der Waals surface area contributed by atoms with Crippen LogP contribution < -0.4 is 10.5 Å². The zero-order valence-electron chi connectivity index (χ0n) is 18.3. The Bertz CT molecular complexity index is 1160. The number of rotatable bonds is 5. The molecule has 0 saturated carbocycles. The zero-order valence-corrected chi connectivity index (χ0v) is 18.3. The van der Waals surface area contributed by atoms with Crippen molar-refractivity contribution in [3.63, 3.8) is 0 Å². The number of hydrogen-bond donors (Lipinski definition) is 1. The highest BCUT2D eigenvalue weighted by Gasteiger charge is 2.25. The molecule has 162 valence electrons. The standard InChI is InChI=1S/C25H31N5O/c1-3-11-29-16-19(20-8-4-5-9-23(20)29)15-28-13-10-21-22(17-28)26-25(27-24(21)31)30-12-6-7-18(2)14-30/h3-5,8-9,16,18H,1,6-7,10-15,17H2,2H3,(H,26,27,31)/t18-/m0/s1. The molecule has 6 nitrogen and oxygen atoms in total. The fourth-order valence-corrected chi connectivity index (χ4v) is 5.13. The van der Waals surface area contributed by atoms with Crippen molar-refractivity contribution in [3.05, 3.63) is 70.3 Å². The van der Waals surface area contributed by atoms with Crippen LogP contribution in [0.1, 0.15) is 36.6 Å². The Kier molecular flexibility index (Phi) is 5.40. The maximum atomic E-state index is 12.8. The van der Waals surface area contributed by atoms with Crippen LogP contribution in [0.3, 0.4) is 0 Å². The second-order valence-corrected chi connectivity index (χ2v) is 9.08. The van der Waals surface area contributed by atoms with Crippen molar-refractivity contribution < 1.29 is 0 Å². The van der Waals surface area contributed by atoms with Gasteiger partial charge in [0.25, 0.3) is 5.56 Å². The van der Waals surface area contributed by atoms with Crippen LogP contribution >= 0.6 is 0 Å². The monoisotopic (exact) mass is 417 g/mol. The number of H-pyrrole nitrogens is 1. The van der Waals surface area contributed by atoms with E-state index >= 15 is 0 Å². The molecule has 2 aliphatic rings. The first-order valence-corrected chi connectivity index (χ1v) is 11.4. The molecular weight excluding hydrogens is 386 g/mol. The number of anilines is 1. The van der Waals surface area contributed by atoms with E-state index in [0.29, 0.717) is 5.92 Å². The maximum Gasteiger partial charge on any atom is 0.255 e. The van der Waals surface area contributed by atoms with Gasteiger partial charge >= 0.3 is 0 Å². The van der Waals surface area contributed by atoms with Gasteiger partial charge in [0.2, 0.25) is 5.95 Å². The van der Waals surface area contributed by atoms with E-state index in [2.05, 4.69) is 63.3 Å². The molecule has 0 unspecified atom stereocenters. The molecule has 0 aliphatic carbocycles. The normalized spacial score (nSPS) is 19.5. The summed E-state index contributed by atoms with van der Waals surface area (Å²) in [4.78, 5) is 25.4. The van der Waals surface area contributed by atoms with Crippen molar-refractivity contribution >= 4 is 16.9 Å². The van der Waals surface area contributed by atoms with Crippen LogP contribution in [0.5, 0.6) is 0 Å². The summed E-state index contributed by atoms with van der Waals surface area (Å²) in [6, 6.07) is 8.55. The van der Waals surface area contributed by atoms with Gasteiger partial charge in [0.15, 0.2) is 0 Å². The molecule has 1 saturated heterocycles. The third kappa shape index (κ3) is 3.92. The summed E-state index contributed by atoms with van der Waals surface area (Å²) in [6.45, 7) is 11.4. The summed E-state index contributed by atoms with van der Waals surface area (Å²) in [7, 11) is 0. The Morgan fingerprint density at radius 1 is 1.29 bits per heavy atom. The van der Waals surface area contributed by atoms with Gasteiger partial charge in [-0.1, -0.05) is 31.2 Å². The molecule has 4 heterocycles. The van der Waals surface area contributed by atoms with Gasteiger partial charge in [-0.05, 0) is 36.8 Å². The lowest BCUT2D eigenvalue weighted by Crippen LogP contribution is -2.39. The van der Waals surface area contributed by atoms with Gasteiger partial charge in [-0.3, -0.25) is 14.7 Å². The Morgan fingerprint density at radius 2 is 2.16 bits per heavy atom. The highest BCUT2D eigenvalue weighted by Crippen LogP contribution is 2.26. The van der Waals surface area contributed by atoms with E-state index in [-0.39, 0.29) is 5.56 Å². The van der Waals surface area contributed by atoms with Crippen LogP contribution in [0.15, 0.2) is 47.9 Å². The molecule has 1 fully saturated rings. The number of para-hydroxylation sites is 1. The lowest BCUT2D eigenvalue weighted by molar-refractivity contribution is 0.241. The molecule has 0 bridgehead atoms. The Labute approximate surface area is 183 Å². The topological polar surface area (TPSA) is 57.2 Å². The summed E-state index contributed by atoms with van der Waals surface area (Å²) < 4.78 is 2.26. The van der Waals surface area contributed by atoms with E-state index < -0.39 is 0 Å². The average Bonchev–Trinajstić information content (AvgIpc) is 3.11. The minimum absolute atomic E-state index is 0.0421. The SMILES string of the molecule is C=CCn1cc(CN2CCc3c(nc(N4CCC[C@H](C)C4)[nH]c3=O)C2)c2ccccc21. The Hall–Kier alpha value is -2.86. The van der Waals surface area contributed by atoms with E-state index in [1.807, 2.05) is 6.08 Å². The number of allylic oxidation sites excluding steroid dienone is 1. The number of fused-ring (bicyclic) bond motifs is 2. The maximum absolute atomic E-state index is 12.8. The lowest BCUT2D eigenvalue weighted by Gasteiger charge is -2.33. The summed E-state index contributed by atoms with van der Waals surface area (Å²) in [5, 5.41) is 1.29. The average molecular weight is 418 g/mol. The van der Waals surface area contributed by atoms with Crippen LogP contribution in [0.25, 0.3) is 10.9 Å². The van der Waals surface area contributed by atoms with Crippen molar-refractivity contribution in [1.82, 2.24) is 19.4 Å². The molecule has 6 heteroatoms. The number of nitrogens with zero attached hydrogens (tertiary/aromatic N) is 4. The minimum Gasteiger partial charge on any atom is -0.343 e. The highest BCUT2D eigenvalue weighted by molar-refractivity contribution is 5.84. The highest BCUT2D eigenvalue weighted by atomic mass is 16.1. The van der Waals surface area contributed by atoms with Gasteiger partial charge in [-0.2, -0.15) is 0 Å². The number of benzene rings is 1. The first-order chi connectivity index (χ1) is 15.1. The van der Waals surface area contributed by atoms with E-state index in [1.165, 1.54) is 22.9 Å². The summed E-state index contributed by atoms with van der Waals surface area (Å²) >= 11 is 0. The van der Waals surface area contributed by atoms with Crippen LogP contribution in [0.4, 0.5) is 5.95 Å². The number of aromatic amines is 1. The van der Waals surface area contributed by atoms with Crippen molar-refractivity contribution in [2.24, 2.45) is 5.92 Å². The number of hydrogen-bond acceptors (Lipinski definition) is 4. The fourth-order valence-electron chi connectivity index (χ4n) is 5.13. The number of piperidine rings is 1. The van der Waals surface area contributed by atoms with Gasteiger partial charge < -0.3 is 9.47 Å². The summed E-state index contributed by atoms with van der Waals surface area (Å²) in [6.07, 6.45) is 7.33. The molecule has 0 amide bonds. The molecule has 1 aromatic carbocycles. The molecule has 3 aromatic rings. The van der Waals surface area contributed by atoms with Crippen LogP contribution in [0.2, 0.25) is 0 Å². The first-order valence-electron chi connectivity index (χ1n) is 11.4. The van der Waals surface area contributed by atoms with E-state index in [0.717, 1.165) is 69.3 Å². The third-order valence-electron chi connectivity index (χ3n) is 6.69. The number of nitrogens with one attached hydrogen (secondary N) is 1. The molecule has 5 rings (SSSR count). The van der Waals surface area contributed by atoms with Gasteiger partial charge in [0, 0.05) is 61.9 Å². The smallest absolute Gasteiger partial charge is 0.255 e. The molecule has 0 spiro atoms. The Morgan fingerprint density at radius 3 is 3.00 bits per heavy atom. The third-order valence-corrected chi connectivity index (χ3v) is 6.69. The summed E-state index contributed by atoms with van der Waals surface area (Å²) in [5.74, 6) is 1.39. The molecule has 1 atom stereocenters. The Balaban J connectivity index is 1.40. The van der Waals surface area contributed by atoms with E-state index in [9.17, 15) is 4.79 Å².